The van der Waals surface area contributed by atoms with Gasteiger partial charge in [0.25, 0.3) is 5.91 Å². The molecule has 2 rings (SSSR count). The van der Waals surface area contributed by atoms with E-state index in [0.717, 1.165) is 18.4 Å². The van der Waals surface area contributed by atoms with Crippen LogP contribution >= 0.6 is 0 Å². The van der Waals surface area contributed by atoms with Gasteiger partial charge in [0.05, 0.1) is 0 Å². The molecule has 1 aromatic carbocycles. The minimum Gasteiger partial charge on any atom is -0.351 e. The molecule has 0 aliphatic heterocycles. The Hall–Kier alpha value is -1.35. The van der Waals surface area contributed by atoms with Crippen LogP contribution in [-0.2, 0) is 12.8 Å². The van der Waals surface area contributed by atoms with Crippen molar-refractivity contribution < 1.29 is 4.79 Å². The largest absolute Gasteiger partial charge is 0.351 e. The van der Waals surface area contributed by atoms with E-state index >= 15 is 0 Å². The van der Waals surface area contributed by atoms with Crippen LogP contribution in [0.3, 0.4) is 0 Å². The van der Waals surface area contributed by atoms with Crippen LogP contribution in [0.5, 0.6) is 0 Å². The van der Waals surface area contributed by atoms with Crippen LogP contribution in [0.1, 0.15) is 41.8 Å². The molecule has 1 aromatic rings. The number of fused-ring (bicyclic) bond motifs is 1. The lowest BCUT2D eigenvalue weighted by Gasteiger charge is -2.22. The van der Waals surface area contributed by atoms with Crippen LogP contribution < -0.4 is 11.1 Å². The van der Waals surface area contributed by atoms with Crippen LogP contribution in [0.15, 0.2) is 18.2 Å². The highest BCUT2D eigenvalue weighted by atomic mass is 16.1. The normalized spacial score (nSPS) is 14.4. The Kier molecular flexibility index (Phi) is 3.71. The van der Waals surface area contributed by atoms with Gasteiger partial charge in [-0.05, 0) is 54.5 Å². The predicted octanol–water partition coefficient (Wildman–Crippen LogP) is 1.89. The van der Waals surface area contributed by atoms with Gasteiger partial charge in [0.15, 0.2) is 0 Å². The third kappa shape index (κ3) is 2.91. The van der Waals surface area contributed by atoms with Gasteiger partial charge >= 0.3 is 0 Å². The van der Waals surface area contributed by atoms with E-state index in [9.17, 15) is 4.79 Å². The molecule has 1 aliphatic rings. The predicted molar refractivity (Wildman–Crippen MR) is 73.6 cm³/mol. The third-order valence-corrected chi connectivity index (χ3v) is 3.64. The van der Waals surface area contributed by atoms with Crippen molar-refractivity contribution in [1.82, 2.24) is 5.32 Å². The van der Waals surface area contributed by atoms with Crippen molar-refractivity contribution in [2.75, 3.05) is 13.1 Å². The van der Waals surface area contributed by atoms with E-state index in [2.05, 4.69) is 25.2 Å². The van der Waals surface area contributed by atoms with Crippen molar-refractivity contribution in [2.45, 2.75) is 33.1 Å². The van der Waals surface area contributed by atoms with Gasteiger partial charge in [-0.25, -0.2) is 0 Å². The maximum absolute atomic E-state index is 12.1. The lowest BCUT2D eigenvalue weighted by molar-refractivity contribution is 0.0938. The highest BCUT2D eigenvalue weighted by molar-refractivity contribution is 5.94. The number of rotatable bonds is 4. The Balaban J connectivity index is 2.01. The van der Waals surface area contributed by atoms with Crippen molar-refractivity contribution in [3.63, 3.8) is 0 Å². The van der Waals surface area contributed by atoms with Crippen molar-refractivity contribution in [3.8, 4) is 0 Å². The first-order valence-corrected chi connectivity index (χ1v) is 6.62. The summed E-state index contributed by atoms with van der Waals surface area (Å²) in [5.41, 5.74) is 9.10. The zero-order valence-corrected chi connectivity index (χ0v) is 11.3. The summed E-state index contributed by atoms with van der Waals surface area (Å²) < 4.78 is 0. The molecule has 3 N–H and O–H groups in total. The Labute approximate surface area is 109 Å². The molecule has 3 heteroatoms. The number of carbonyl (C=O) groups is 1. The van der Waals surface area contributed by atoms with Gasteiger partial charge in [-0.2, -0.15) is 0 Å². The molecule has 0 unspecified atom stereocenters. The number of carbonyl (C=O) groups excluding carboxylic acids is 1. The molecule has 0 radical (unpaired) electrons. The van der Waals surface area contributed by atoms with Crippen molar-refractivity contribution >= 4 is 5.91 Å². The highest BCUT2D eigenvalue weighted by Gasteiger charge is 2.18. The lowest BCUT2D eigenvalue weighted by Crippen LogP contribution is -2.38. The summed E-state index contributed by atoms with van der Waals surface area (Å²) in [6, 6.07) is 6.05. The highest BCUT2D eigenvalue weighted by Crippen LogP contribution is 2.22. The summed E-state index contributed by atoms with van der Waals surface area (Å²) in [6.07, 6.45) is 3.46. The van der Waals surface area contributed by atoms with Crippen LogP contribution in [-0.4, -0.2) is 19.0 Å². The molecule has 0 saturated carbocycles. The molecule has 1 amide bonds. The SMILES string of the molecule is CC(C)(CN)CNC(=O)c1ccc2c(c1)CCC2. The molecule has 0 heterocycles. The standard InChI is InChI=1S/C15H22N2O/c1-15(2,9-16)10-17-14(18)13-7-6-11-4-3-5-12(11)8-13/h6-8H,3-5,9-10,16H2,1-2H3,(H,17,18). The van der Waals surface area contributed by atoms with E-state index in [4.69, 9.17) is 5.73 Å². The van der Waals surface area contributed by atoms with Gasteiger partial charge in [0, 0.05) is 12.1 Å². The monoisotopic (exact) mass is 246 g/mol. The molecule has 0 fully saturated rings. The minimum atomic E-state index is -0.0492. The number of nitrogens with two attached hydrogens (primary N) is 1. The quantitative estimate of drug-likeness (QED) is 0.852. The van der Waals surface area contributed by atoms with Gasteiger partial charge in [-0.15, -0.1) is 0 Å². The second-order valence-electron chi connectivity index (χ2n) is 5.89. The number of hydrogen-bond donors (Lipinski definition) is 2. The van der Waals surface area contributed by atoms with Gasteiger partial charge in [-0.1, -0.05) is 19.9 Å². The fourth-order valence-electron chi connectivity index (χ4n) is 2.21. The summed E-state index contributed by atoms with van der Waals surface area (Å²) in [6.45, 7) is 5.28. The van der Waals surface area contributed by atoms with Crippen LogP contribution in [0.4, 0.5) is 0 Å². The molecule has 1 aliphatic carbocycles. The number of hydrogen-bond acceptors (Lipinski definition) is 2. The molecular weight excluding hydrogens is 224 g/mol. The molecule has 3 nitrogen and oxygen atoms in total. The van der Waals surface area contributed by atoms with Crippen molar-refractivity contribution in [2.24, 2.45) is 11.1 Å². The first kappa shape index (κ1) is 13.1. The number of nitrogens with one attached hydrogen (secondary N) is 1. The second-order valence-corrected chi connectivity index (χ2v) is 5.89. The smallest absolute Gasteiger partial charge is 0.251 e. The second kappa shape index (κ2) is 5.11. The summed E-state index contributed by atoms with van der Waals surface area (Å²) in [7, 11) is 0. The zero-order valence-electron chi connectivity index (χ0n) is 11.3. The zero-order chi connectivity index (χ0) is 13.2. The van der Waals surface area contributed by atoms with E-state index in [0.29, 0.717) is 13.1 Å². The topological polar surface area (TPSA) is 55.1 Å². The summed E-state index contributed by atoms with van der Waals surface area (Å²) >= 11 is 0. The molecule has 0 saturated heterocycles. The Morgan fingerprint density at radius 2 is 2.06 bits per heavy atom. The van der Waals surface area contributed by atoms with E-state index in [1.807, 2.05) is 12.1 Å². The van der Waals surface area contributed by atoms with E-state index in [1.54, 1.807) is 0 Å². The molecular formula is C15H22N2O. The number of benzene rings is 1. The fraction of sp³-hybridized carbons (Fsp3) is 0.533. The first-order chi connectivity index (χ1) is 8.52. The summed E-state index contributed by atoms with van der Waals surface area (Å²) in [5.74, 6) is 0.00576. The van der Waals surface area contributed by atoms with E-state index in [-0.39, 0.29) is 11.3 Å². The first-order valence-electron chi connectivity index (χ1n) is 6.62. The third-order valence-electron chi connectivity index (χ3n) is 3.64. The Bertz CT molecular complexity index is 452. The van der Waals surface area contributed by atoms with Crippen LogP contribution in [0, 0.1) is 5.41 Å². The Morgan fingerprint density at radius 3 is 2.78 bits per heavy atom. The molecule has 0 spiro atoms. The number of amides is 1. The fourth-order valence-corrected chi connectivity index (χ4v) is 2.21. The van der Waals surface area contributed by atoms with Crippen molar-refractivity contribution in [3.05, 3.63) is 34.9 Å². The van der Waals surface area contributed by atoms with E-state index < -0.39 is 0 Å². The maximum atomic E-state index is 12.1. The number of aryl methyl sites for hydroxylation is 2. The van der Waals surface area contributed by atoms with Gasteiger partial charge < -0.3 is 11.1 Å². The summed E-state index contributed by atoms with van der Waals surface area (Å²) in [4.78, 5) is 12.1. The van der Waals surface area contributed by atoms with Gasteiger partial charge in [0.2, 0.25) is 0 Å². The molecule has 0 bridgehead atoms. The van der Waals surface area contributed by atoms with Gasteiger partial charge in [-0.3, -0.25) is 4.79 Å². The minimum absolute atomic E-state index is 0.00576. The lowest BCUT2D eigenvalue weighted by atomic mass is 9.94. The van der Waals surface area contributed by atoms with Crippen LogP contribution in [0.2, 0.25) is 0 Å². The van der Waals surface area contributed by atoms with Crippen LogP contribution in [0.25, 0.3) is 0 Å². The maximum Gasteiger partial charge on any atom is 0.251 e. The average Bonchev–Trinajstić information content (AvgIpc) is 2.83. The average molecular weight is 246 g/mol. The molecule has 0 aromatic heterocycles. The summed E-state index contributed by atoms with van der Waals surface area (Å²) in [5, 5.41) is 2.96. The van der Waals surface area contributed by atoms with E-state index in [1.165, 1.54) is 17.5 Å². The van der Waals surface area contributed by atoms with Crippen molar-refractivity contribution in [1.29, 1.82) is 0 Å². The Morgan fingerprint density at radius 1 is 1.33 bits per heavy atom. The van der Waals surface area contributed by atoms with Gasteiger partial charge in [0.1, 0.15) is 0 Å². The molecule has 18 heavy (non-hydrogen) atoms. The molecule has 0 atom stereocenters. The molecule has 98 valence electrons.